The lowest BCUT2D eigenvalue weighted by Gasteiger charge is -2.14. The molecule has 0 aromatic heterocycles. The van der Waals surface area contributed by atoms with Crippen molar-refractivity contribution in [3.63, 3.8) is 0 Å². The van der Waals surface area contributed by atoms with Gasteiger partial charge in [0.15, 0.2) is 10.2 Å². The summed E-state index contributed by atoms with van der Waals surface area (Å²) in [5.41, 5.74) is 7.85. The number of hydrogen-bond acceptors (Lipinski definition) is 3. The van der Waals surface area contributed by atoms with E-state index in [1.807, 2.05) is 43.0 Å². The van der Waals surface area contributed by atoms with Crippen LogP contribution >= 0.6 is 36.2 Å². The van der Waals surface area contributed by atoms with Gasteiger partial charge < -0.3 is 10.6 Å². The summed E-state index contributed by atoms with van der Waals surface area (Å²) in [7, 11) is 0. The Bertz CT molecular complexity index is 434. The molecule has 0 spiro atoms. The highest BCUT2D eigenvalue weighted by Crippen LogP contribution is 2.07. The van der Waals surface area contributed by atoms with Gasteiger partial charge in [-0.2, -0.15) is 11.8 Å². The fourth-order valence-corrected chi connectivity index (χ4v) is 2.13. The second-order valence-electron chi connectivity index (χ2n) is 4.17. The van der Waals surface area contributed by atoms with Crippen LogP contribution in [0.2, 0.25) is 0 Å². The maximum atomic E-state index is 5.17. The third-order valence-electron chi connectivity index (χ3n) is 2.41. The monoisotopic (exact) mass is 328 g/mol. The van der Waals surface area contributed by atoms with Crippen molar-refractivity contribution in [3.05, 3.63) is 29.8 Å². The van der Waals surface area contributed by atoms with Crippen LogP contribution in [-0.2, 0) is 0 Å². The van der Waals surface area contributed by atoms with Gasteiger partial charge in [0.05, 0.1) is 0 Å². The predicted molar refractivity (Wildman–Crippen MR) is 97.3 cm³/mol. The van der Waals surface area contributed by atoms with Crippen LogP contribution < -0.4 is 21.5 Å². The maximum absolute atomic E-state index is 5.17. The van der Waals surface area contributed by atoms with Crippen molar-refractivity contribution in [2.45, 2.75) is 13.3 Å². The van der Waals surface area contributed by atoms with Gasteiger partial charge in [-0.05, 0) is 61.9 Å². The number of thioether (sulfide) groups is 1. The number of anilines is 1. The average Bonchev–Trinajstić information content (AvgIpc) is 2.44. The molecule has 7 heteroatoms. The first-order valence-electron chi connectivity index (χ1n) is 6.28. The molecule has 0 aliphatic heterocycles. The third kappa shape index (κ3) is 7.52. The zero-order valence-electron chi connectivity index (χ0n) is 11.7. The van der Waals surface area contributed by atoms with Crippen LogP contribution in [0.4, 0.5) is 5.69 Å². The van der Waals surface area contributed by atoms with Crippen molar-refractivity contribution in [1.29, 1.82) is 0 Å². The molecule has 0 heterocycles. The molecule has 0 atom stereocenters. The van der Waals surface area contributed by atoms with Crippen LogP contribution in [0.5, 0.6) is 0 Å². The normalized spacial score (nSPS) is 9.70. The van der Waals surface area contributed by atoms with Gasteiger partial charge in [-0.3, -0.25) is 10.9 Å². The summed E-state index contributed by atoms with van der Waals surface area (Å²) in [6, 6.07) is 8.00. The zero-order valence-corrected chi connectivity index (χ0v) is 14.1. The first-order valence-corrected chi connectivity index (χ1v) is 8.49. The molecule has 0 aliphatic carbocycles. The number of hydrazine groups is 1. The van der Waals surface area contributed by atoms with Crippen LogP contribution in [0.15, 0.2) is 24.3 Å². The van der Waals surface area contributed by atoms with Crippen molar-refractivity contribution < 1.29 is 0 Å². The summed E-state index contributed by atoms with van der Waals surface area (Å²) < 4.78 is 0. The first-order chi connectivity index (χ1) is 9.61. The van der Waals surface area contributed by atoms with Gasteiger partial charge in [0.25, 0.3) is 0 Å². The fraction of sp³-hybridized carbons (Fsp3) is 0.385. The molecule has 0 saturated carbocycles. The van der Waals surface area contributed by atoms with E-state index < -0.39 is 0 Å². The SMILES string of the molecule is CSCCCNC(=S)NNC(=S)Nc1ccc(C)cc1. The van der Waals surface area contributed by atoms with E-state index in [4.69, 9.17) is 24.4 Å². The molecule has 0 amide bonds. The molecule has 4 nitrogen and oxygen atoms in total. The van der Waals surface area contributed by atoms with E-state index in [0.717, 1.165) is 24.4 Å². The number of rotatable bonds is 5. The van der Waals surface area contributed by atoms with Gasteiger partial charge in [0.2, 0.25) is 0 Å². The second-order valence-corrected chi connectivity index (χ2v) is 5.97. The lowest BCUT2D eigenvalue weighted by atomic mass is 10.2. The van der Waals surface area contributed by atoms with Crippen LogP contribution in [0.1, 0.15) is 12.0 Å². The quantitative estimate of drug-likeness (QED) is 0.376. The topological polar surface area (TPSA) is 48.1 Å². The summed E-state index contributed by atoms with van der Waals surface area (Å²) in [5.74, 6) is 1.12. The molecule has 4 N–H and O–H groups in total. The molecule has 0 aliphatic rings. The number of nitrogens with one attached hydrogen (secondary N) is 4. The van der Waals surface area contributed by atoms with Crippen LogP contribution in [0.3, 0.4) is 0 Å². The minimum absolute atomic E-state index is 0.474. The van der Waals surface area contributed by atoms with Crippen LogP contribution in [0, 0.1) is 6.92 Å². The molecule has 20 heavy (non-hydrogen) atoms. The standard InChI is InChI=1S/C13H20N4S3/c1-10-4-6-11(7-5-10)15-13(19)17-16-12(18)14-8-3-9-20-2/h4-7H,3,8-9H2,1-2H3,(H2,14,16,18)(H2,15,17,19). The molecule has 0 bridgehead atoms. The van der Waals surface area contributed by atoms with E-state index in [2.05, 4.69) is 27.7 Å². The van der Waals surface area contributed by atoms with Gasteiger partial charge in [-0.1, -0.05) is 17.7 Å². The Morgan fingerprint density at radius 2 is 1.75 bits per heavy atom. The van der Waals surface area contributed by atoms with Crippen molar-refractivity contribution in [1.82, 2.24) is 16.2 Å². The van der Waals surface area contributed by atoms with E-state index in [1.54, 1.807) is 0 Å². The Morgan fingerprint density at radius 3 is 2.40 bits per heavy atom. The summed E-state index contributed by atoms with van der Waals surface area (Å²) >= 11 is 12.1. The first kappa shape index (κ1) is 17.0. The molecular weight excluding hydrogens is 308 g/mol. The van der Waals surface area contributed by atoms with Crippen LogP contribution in [-0.4, -0.2) is 28.8 Å². The minimum atomic E-state index is 0.474. The maximum Gasteiger partial charge on any atom is 0.189 e. The van der Waals surface area contributed by atoms with Crippen molar-refractivity contribution in [2.24, 2.45) is 0 Å². The summed E-state index contributed by atoms with van der Waals surface area (Å²) in [4.78, 5) is 0. The third-order valence-corrected chi connectivity index (χ3v) is 3.56. The van der Waals surface area contributed by atoms with Crippen LogP contribution in [0.25, 0.3) is 0 Å². The molecule has 0 unspecified atom stereocenters. The number of thiocarbonyl (C=S) groups is 2. The smallest absolute Gasteiger partial charge is 0.189 e. The minimum Gasteiger partial charge on any atom is -0.361 e. The van der Waals surface area contributed by atoms with Gasteiger partial charge in [-0.25, -0.2) is 0 Å². The predicted octanol–water partition coefficient (Wildman–Crippen LogP) is 2.41. The van der Waals surface area contributed by atoms with Gasteiger partial charge in [0, 0.05) is 12.2 Å². The van der Waals surface area contributed by atoms with Gasteiger partial charge in [0.1, 0.15) is 0 Å². The highest BCUT2D eigenvalue weighted by atomic mass is 32.2. The van der Waals surface area contributed by atoms with E-state index in [1.165, 1.54) is 5.56 Å². The summed E-state index contributed by atoms with van der Waals surface area (Å²) in [6.45, 7) is 2.90. The largest absolute Gasteiger partial charge is 0.361 e. The Balaban J connectivity index is 2.19. The molecule has 1 aromatic rings. The Hall–Kier alpha value is -1.05. The second kappa shape index (κ2) is 9.79. The molecule has 1 aromatic carbocycles. The highest BCUT2D eigenvalue weighted by molar-refractivity contribution is 7.98. The molecule has 0 saturated heterocycles. The fourth-order valence-electron chi connectivity index (χ4n) is 1.38. The van der Waals surface area contributed by atoms with E-state index >= 15 is 0 Å². The highest BCUT2D eigenvalue weighted by Gasteiger charge is 1.98. The van der Waals surface area contributed by atoms with Crippen molar-refractivity contribution >= 4 is 52.1 Å². The molecule has 1 rings (SSSR count). The molecule has 0 fully saturated rings. The van der Waals surface area contributed by atoms with Crippen molar-refractivity contribution in [3.8, 4) is 0 Å². The molecular formula is C13H20N4S3. The van der Waals surface area contributed by atoms with Gasteiger partial charge in [-0.15, -0.1) is 0 Å². The Labute approximate surface area is 135 Å². The summed E-state index contributed by atoms with van der Waals surface area (Å²) in [6.07, 6.45) is 3.17. The lowest BCUT2D eigenvalue weighted by molar-refractivity contribution is 0.788. The van der Waals surface area contributed by atoms with Crippen molar-refractivity contribution in [2.75, 3.05) is 23.9 Å². The number of aryl methyl sites for hydroxylation is 1. The van der Waals surface area contributed by atoms with E-state index in [0.29, 0.717) is 10.2 Å². The number of benzene rings is 1. The lowest BCUT2D eigenvalue weighted by Crippen LogP contribution is -2.48. The number of hydrogen-bond donors (Lipinski definition) is 4. The zero-order chi connectivity index (χ0) is 14.8. The Kier molecular flexibility index (Phi) is 8.32. The molecule has 110 valence electrons. The van der Waals surface area contributed by atoms with Gasteiger partial charge >= 0.3 is 0 Å². The Morgan fingerprint density at radius 1 is 1.10 bits per heavy atom. The molecule has 0 radical (unpaired) electrons. The van der Waals surface area contributed by atoms with E-state index in [-0.39, 0.29) is 0 Å². The summed E-state index contributed by atoms with van der Waals surface area (Å²) in [5, 5.41) is 7.18. The van der Waals surface area contributed by atoms with E-state index in [9.17, 15) is 0 Å². The average molecular weight is 329 g/mol.